The average Bonchev–Trinajstić information content (AvgIpc) is 2.93. The fourth-order valence-corrected chi connectivity index (χ4v) is 3.61. The molecule has 0 saturated carbocycles. The van der Waals surface area contributed by atoms with Crippen LogP contribution in [0.25, 0.3) is 0 Å². The Hall–Kier alpha value is -4.04. The van der Waals surface area contributed by atoms with Gasteiger partial charge >= 0.3 is 12.2 Å². The monoisotopic (exact) mass is 492 g/mol. The summed E-state index contributed by atoms with van der Waals surface area (Å²) in [6.07, 6.45) is -0.207. The molecule has 0 aliphatic heterocycles. The highest BCUT2D eigenvalue weighted by molar-refractivity contribution is 5.74. The predicted octanol–water partition coefficient (Wildman–Crippen LogP) is 4.86. The molecular weight excluding hydrogens is 460 g/mol. The molecule has 0 spiro atoms. The van der Waals surface area contributed by atoms with E-state index in [0.717, 1.165) is 21.7 Å². The Morgan fingerprint density at radius 2 is 1.42 bits per heavy atom. The number of hydrazine groups is 1. The molecule has 3 rings (SSSR count). The zero-order valence-corrected chi connectivity index (χ0v) is 20.3. The normalized spacial score (nSPS) is 11.3. The first-order valence-electron chi connectivity index (χ1n) is 11.8. The number of hydrogen-bond acceptors (Lipinski definition) is 6. The Labute approximate surface area is 211 Å². The van der Waals surface area contributed by atoms with Crippen LogP contribution < -0.4 is 10.2 Å². The van der Waals surface area contributed by atoms with Crippen molar-refractivity contribution in [2.45, 2.75) is 38.5 Å². The van der Waals surface area contributed by atoms with Crippen molar-refractivity contribution >= 4 is 12.2 Å². The number of carbonyl (C=O) groups excluding carboxylic acids is 2. The molecule has 2 N–H and O–H groups in total. The van der Waals surface area contributed by atoms with E-state index in [4.69, 9.17) is 14.2 Å². The molecule has 0 aliphatic rings. The van der Waals surface area contributed by atoms with Crippen LogP contribution in [0, 0.1) is 0 Å². The first-order chi connectivity index (χ1) is 17.6. The maximum atomic E-state index is 13.2. The molecule has 8 nitrogen and oxygen atoms in total. The number of carbonyl (C=O) groups is 2. The summed E-state index contributed by atoms with van der Waals surface area (Å²) in [5.74, 6) is 0.715. The number of benzene rings is 3. The third kappa shape index (κ3) is 8.63. The third-order valence-corrected chi connectivity index (χ3v) is 5.52. The van der Waals surface area contributed by atoms with Crippen LogP contribution in [0.2, 0.25) is 0 Å². The summed E-state index contributed by atoms with van der Waals surface area (Å²) in [4.78, 5) is 25.8. The Morgan fingerprint density at radius 1 is 0.833 bits per heavy atom. The summed E-state index contributed by atoms with van der Waals surface area (Å²) in [5, 5.41) is 10.6. The van der Waals surface area contributed by atoms with Gasteiger partial charge in [-0.1, -0.05) is 72.8 Å². The summed E-state index contributed by atoms with van der Waals surface area (Å²) in [5.41, 5.74) is 5.14. The summed E-state index contributed by atoms with van der Waals surface area (Å²) in [6, 6.07) is 25.5. The topological polar surface area (TPSA) is 97.3 Å². The molecule has 0 aliphatic carbocycles. The summed E-state index contributed by atoms with van der Waals surface area (Å²) in [6.45, 7) is 0.0516. The Balaban J connectivity index is 1.75. The van der Waals surface area contributed by atoms with Gasteiger partial charge in [-0.3, -0.25) is 0 Å². The van der Waals surface area contributed by atoms with Crippen LogP contribution in [0.15, 0.2) is 84.9 Å². The van der Waals surface area contributed by atoms with Crippen LogP contribution in [-0.2, 0) is 29.1 Å². The number of ether oxygens (including phenoxy) is 3. The molecule has 0 unspecified atom stereocenters. The van der Waals surface area contributed by atoms with Crippen molar-refractivity contribution in [1.29, 1.82) is 0 Å². The van der Waals surface area contributed by atoms with Crippen molar-refractivity contribution in [1.82, 2.24) is 10.4 Å². The van der Waals surface area contributed by atoms with Crippen LogP contribution in [0.4, 0.5) is 9.59 Å². The number of aliphatic hydroxyl groups excluding tert-OH is 1. The minimum absolute atomic E-state index is 0.0478. The van der Waals surface area contributed by atoms with Gasteiger partial charge in [0.15, 0.2) is 0 Å². The Kier molecular flexibility index (Phi) is 10.6. The van der Waals surface area contributed by atoms with Crippen molar-refractivity contribution in [2.75, 3.05) is 13.7 Å². The summed E-state index contributed by atoms with van der Waals surface area (Å²) >= 11 is 0. The molecular formula is C28H32N2O6. The van der Waals surface area contributed by atoms with E-state index >= 15 is 0 Å². The molecule has 1 atom stereocenters. The lowest BCUT2D eigenvalue weighted by atomic mass is 10.0. The second-order valence-electron chi connectivity index (χ2n) is 8.16. The molecule has 0 radical (unpaired) electrons. The van der Waals surface area contributed by atoms with Crippen LogP contribution in [0.1, 0.15) is 29.5 Å². The molecule has 3 aromatic rings. The lowest BCUT2D eigenvalue weighted by Gasteiger charge is -2.31. The minimum atomic E-state index is -0.778. The van der Waals surface area contributed by atoms with Crippen LogP contribution in [-0.4, -0.2) is 42.1 Å². The fraction of sp³-hybridized carbons (Fsp3) is 0.286. The first-order valence-corrected chi connectivity index (χ1v) is 11.8. The largest absolute Gasteiger partial charge is 0.497 e. The highest BCUT2D eigenvalue weighted by Crippen LogP contribution is 2.18. The highest BCUT2D eigenvalue weighted by atomic mass is 16.6. The van der Waals surface area contributed by atoms with Gasteiger partial charge in [0.25, 0.3) is 0 Å². The molecule has 8 heteroatoms. The second-order valence-corrected chi connectivity index (χ2v) is 8.16. The number of rotatable bonds is 11. The van der Waals surface area contributed by atoms with Gasteiger partial charge in [0, 0.05) is 6.61 Å². The molecule has 0 aromatic heterocycles. The standard InChI is InChI=1S/C28H32N2O6/c1-34-26-16-14-22(15-17-26)19-25(13-8-18-31)30(28(33)36-21-24-11-6-3-7-12-24)29-27(32)35-20-23-9-4-2-5-10-23/h2-7,9-12,14-17,25,31H,8,13,18-21H2,1H3,(H,29,32)/t25-/m0/s1. The number of nitrogens with one attached hydrogen (secondary N) is 1. The zero-order chi connectivity index (χ0) is 25.6. The van der Waals surface area contributed by atoms with E-state index in [9.17, 15) is 14.7 Å². The number of methoxy groups -OCH3 is 1. The number of nitrogens with zero attached hydrogens (tertiary/aromatic N) is 1. The van der Waals surface area contributed by atoms with Gasteiger partial charge in [0.1, 0.15) is 19.0 Å². The summed E-state index contributed by atoms with van der Waals surface area (Å²) in [7, 11) is 1.59. The molecule has 3 aromatic carbocycles. The van der Waals surface area contributed by atoms with Gasteiger partial charge in [-0.05, 0) is 48.1 Å². The van der Waals surface area contributed by atoms with Crippen LogP contribution in [0.3, 0.4) is 0 Å². The van der Waals surface area contributed by atoms with E-state index in [-0.39, 0.29) is 19.8 Å². The lowest BCUT2D eigenvalue weighted by Crippen LogP contribution is -2.53. The highest BCUT2D eigenvalue weighted by Gasteiger charge is 2.28. The number of amides is 2. The van der Waals surface area contributed by atoms with E-state index < -0.39 is 18.2 Å². The van der Waals surface area contributed by atoms with Crippen LogP contribution in [0.5, 0.6) is 5.75 Å². The van der Waals surface area contributed by atoms with Gasteiger partial charge in [-0.2, -0.15) is 0 Å². The van der Waals surface area contributed by atoms with E-state index in [1.54, 1.807) is 7.11 Å². The Bertz CT molecular complexity index is 1060. The minimum Gasteiger partial charge on any atom is -0.497 e. The molecule has 0 saturated heterocycles. The van der Waals surface area contributed by atoms with Crippen molar-refractivity contribution in [2.24, 2.45) is 0 Å². The molecule has 0 fully saturated rings. The fourth-order valence-electron chi connectivity index (χ4n) is 3.61. The van der Waals surface area contributed by atoms with E-state index in [0.29, 0.717) is 25.0 Å². The first kappa shape index (κ1) is 26.6. The van der Waals surface area contributed by atoms with Gasteiger partial charge in [0.2, 0.25) is 0 Å². The third-order valence-electron chi connectivity index (χ3n) is 5.52. The molecule has 0 bridgehead atoms. The maximum absolute atomic E-state index is 13.2. The molecule has 2 amide bonds. The number of aliphatic hydroxyl groups is 1. The van der Waals surface area contributed by atoms with E-state index in [2.05, 4.69) is 5.43 Å². The van der Waals surface area contributed by atoms with Crippen LogP contribution >= 0.6 is 0 Å². The summed E-state index contributed by atoms with van der Waals surface area (Å²) < 4.78 is 16.1. The van der Waals surface area contributed by atoms with Gasteiger partial charge in [0.05, 0.1) is 13.2 Å². The van der Waals surface area contributed by atoms with Gasteiger partial charge in [-0.15, -0.1) is 0 Å². The zero-order valence-electron chi connectivity index (χ0n) is 20.3. The van der Waals surface area contributed by atoms with Crippen molar-refractivity contribution in [3.05, 3.63) is 102 Å². The maximum Gasteiger partial charge on any atom is 0.429 e. The average molecular weight is 493 g/mol. The second kappa shape index (κ2) is 14.4. The molecule has 0 heterocycles. The number of hydrogen-bond donors (Lipinski definition) is 2. The van der Waals surface area contributed by atoms with Gasteiger partial charge in [-0.25, -0.2) is 20.0 Å². The smallest absolute Gasteiger partial charge is 0.429 e. The SMILES string of the molecule is COc1ccc(C[C@H](CCCO)N(NC(=O)OCc2ccccc2)C(=O)OCc2ccccc2)cc1. The van der Waals surface area contributed by atoms with Crippen molar-refractivity contribution < 1.29 is 28.9 Å². The molecule has 36 heavy (non-hydrogen) atoms. The quantitative estimate of drug-likeness (QED) is 0.371. The van der Waals surface area contributed by atoms with Crippen molar-refractivity contribution in [3.8, 4) is 5.75 Å². The van der Waals surface area contributed by atoms with E-state index in [1.807, 2.05) is 84.9 Å². The molecule has 190 valence electrons. The lowest BCUT2D eigenvalue weighted by molar-refractivity contribution is 0.0430. The van der Waals surface area contributed by atoms with Gasteiger partial charge < -0.3 is 19.3 Å². The van der Waals surface area contributed by atoms with E-state index in [1.165, 1.54) is 0 Å². The predicted molar refractivity (Wildman–Crippen MR) is 135 cm³/mol. The van der Waals surface area contributed by atoms with Crippen molar-refractivity contribution in [3.63, 3.8) is 0 Å². The Morgan fingerprint density at radius 3 is 1.97 bits per heavy atom.